The Morgan fingerprint density at radius 1 is 1.17 bits per heavy atom. The van der Waals surface area contributed by atoms with Gasteiger partial charge in [0.1, 0.15) is 0 Å². The summed E-state index contributed by atoms with van der Waals surface area (Å²) in [5, 5.41) is 0. The number of alkyl halides is 2. The second kappa shape index (κ2) is 2.06. The lowest BCUT2D eigenvalue weighted by Crippen LogP contribution is -2.10. The smallest absolute Gasteiger partial charge is 0.206 e. The van der Waals surface area contributed by atoms with Crippen LogP contribution in [0.1, 0.15) is 18.9 Å². The summed E-state index contributed by atoms with van der Waals surface area (Å²) in [5.41, 5.74) is -0.149. The minimum atomic E-state index is -2.49. The molecule has 2 heteroatoms. The van der Waals surface area contributed by atoms with Crippen molar-refractivity contribution < 1.29 is 8.78 Å². The van der Waals surface area contributed by atoms with Crippen molar-refractivity contribution in [3.63, 3.8) is 0 Å². The lowest BCUT2D eigenvalue weighted by molar-refractivity contribution is 0.0920. The molecule has 0 spiro atoms. The van der Waals surface area contributed by atoms with Crippen molar-refractivity contribution in [3.05, 3.63) is 35.9 Å². The first-order chi connectivity index (χ1) is 5.56. The molecular weight excluding hydrogens is 158 g/mol. The van der Waals surface area contributed by atoms with Crippen LogP contribution in [-0.4, -0.2) is 5.92 Å². The molecule has 0 saturated heterocycles. The van der Waals surface area contributed by atoms with Crippen LogP contribution in [0, 0.1) is 0 Å². The molecule has 1 fully saturated rings. The van der Waals surface area contributed by atoms with Gasteiger partial charge in [0.05, 0.1) is 5.41 Å². The Labute approximate surface area is 70.2 Å². The van der Waals surface area contributed by atoms with Crippen LogP contribution in [0.2, 0.25) is 0 Å². The highest BCUT2D eigenvalue weighted by Gasteiger charge is 2.68. The first kappa shape index (κ1) is 7.71. The first-order valence-corrected chi connectivity index (χ1v) is 4.00. The molecule has 1 aromatic carbocycles. The van der Waals surface area contributed by atoms with Gasteiger partial charge in [-0.15, -0.1) is 0 Å². The summed E-state index contributed by atoms with van der Waals surface area (Å²) < 4.78 is 25.7. The van der Waals surface area contributed by atoms with Crippen molar-refractivity contribution in [2.45, 2.75) is 24.7 Å². The van der Waals surface area contributed by atoms with E-state index in [-0.39, 0.29) is 6.42 Å². The highest BCUT2D eigenvalue weighted by molar-refractivity contribution is 5.35. The highest BCUT2D eigenvalue weighted by Crippen LogP contribution is 2.61. The van der Waals surface area contributed by atoms with E-state index < -0.39 is 11.3 Å². The van der Waals surface area contributed by atoms with Crippen LogP contribution < -0.4 is 0 Å². The third-order valence-electron chi connectivity index (χ3n) is 2.67. The summed E-state index contributed by atoms with van der Waals surface area (Å²) in [7, 11) is 0. The van der Waals surface area contributed by atoms with Crippen LogP contribution in [-0.2, 0) is 5.41 Å². The van der Waals surface area contributed by atoms with E-state index in [1.807, 2.05) is 6.07 Å². The maximum absolute atomic E-state index is 12.9. The number of hydrogen-bond acceptors (Lipinski definition) is 0. The van der Waals surface area contributed by atoms with E-state index in [2.05, 4.69) is 0 Å². The van der Waals surface area contributed by atoms with E-state index in [1.165, 1.54) is 0 Å². The minimum Gasteiger partial charge on any atom is -0.206 e. The fourth-order valence-corrected chi connectivity index (χ4v) is 1.52. The standard InChI is InChI=1S/C10H10F2/c1-9(7-10(9,11)12)8-5-3-2-4-6-8/h2-6H,7H2,1H3. The molecule has 12 heavy (non-hydrogen) atoms. The summed E-state index contributed by atoms with van der Waals surface area (Å²) in [6.45, 7) is 1.61. The van der Waals surface area contributed by atoms with Gasteiger partial charge in [0.2, 0.25) is 0 Å². The molecule has 1 aromatic rings. The molecule has 0 heterocycles. The molecule has 0 aromatic heterocycles. The number of hydrogen-bond donors (Lipinski definition) is 0. The Morgan fingerprint density at radius 2 is 1.67 bits per heavy atom. The molecule has 1 unspecified atom stereocenters. The number of halogens is 2. The average Bonchev–Trinajstić information content (AvgIpc) is 2.55. The Kier molecular flexibility index (Phi) is 1.33. The van der Waals surface area contributed by atoms with Crippen LogP contribution in [0.25, 0.3) is 0 Å². The van der Waals surface area contributed by atoms with Crippen LogP contribution in [0.3, 0.4) is 0 Å². The van der Waals surface area contributed by atoms with Crippen LogP contribution in [0.5, 0.6) is 0 Å². The molecule has 0 N–H and O–H groups in total. The maximum atomic E-state index is 12.9. The van der Waals surface area contributed by atoms with E-state index in [1.54, 1.807) is 31.2 Å². The van der Waals surface area contributed by atoms with Crippen molar-refractivity contribution >= 4 is 0 Å². The zero-order valence-electron chi connectivity index (χ0n) is 6.85. The summed E-state index contributed by atoms with van der Waals surface area (Å²) in [4.78, 5) is 0. The molecule has 2 rings (SSSR count). The fraction of sp³-hybridized carbons (Fsp3) is 0.400. The quantitative estimate of drug-likeness (QED) is 0.604. The summed E-state index contributed by atoms with van der Waals surface area (Å²) in [6, 6.07) is 8.97. The Hall–Kier alpha value is -0.920. The van der Waals surface area contributed by atoms with Crippen molar-refractivity contribution in [3.8, 4) is 0 Å². The van der Waals surface area contributed by atoms with Crippen molar-refractivity contribution in [2.75, 3.05) is 0 Å². The lowest BCUT2D eigenvalue weighted by Gasteiger charge is -2.09. The van der Waals surface area contributed by atoms with Crippen molar-refractivity contribution in [2.24, 2.45) is 0 Å². The SMILES string of the molecule is CC1(c2ccccc2)CC1(F)F. The highest BCUT2D eigenvalue weighted by atomic mass is 19.3. The topological polar surface area (TPSA) is 0 Å². The van der Waals surface area contributed by atoms with Gasteiger partial charge in [0.15, 0.2) is 0 Å². The average molecular weight is 168 g/mol. The van der Waals surface area contributed by atoms with Gasteiger partial charge in [-0.3, -0.25) is 0 Å². The van der Waals surface area contributed by atoms with E-state index in [4.69, 9.17) is 0 Å². The van der Waals surface area contributed by atoms with Gasteiger partial charge in [-0.05, 0) is 12.5 Å². The third kappa shape index (κ3) is 0.872. The fourth-order valence-electron chi connectivity index (χ4n) is 1.52. The Morgan fingerprint density at radius 3 is 2.08 bits per heavy atom. The number of benzene rings is 1. The molecule has 0 radical (unpaired) electrons. The van der Waals surface area contributed by atoms with Crippen molar-refractivity contribution in [1.82, 2.24) is 0 Å². The first-order valence-electron chi connectivity index (χ1n) is 4.00. The van der Waals surface area contributed by atoms with Gasteiger partial charge < -0.3 is 0 Å². The van der Waals surface area contributed by atoms with Gasteiger partial charge >= 0.3 is 0 Å². The third-order valence-corrected chi connectivity index (χ3v) is 2.67. The van der Waals surface area contributed by atoms with Crippen LogP contribution in [0.4, 0.5) is 8.78 Å². The van der Waals surface area contributed by atoms with E-state index in [9.17, 15) is 8.78 Å². The van der Waals surface area contributed by atoms with Gasteiger partial charge in [0.25, 0.3) is 5.92 Å². The van der Waals surface area contributed by atoms with Gasteiger partial charge in [-0.1, -0.05) is 30.3 Å². The Bertz CT molecular complexity index is 292. The maximum Gasteiger partial charge on any atom is 0.258 e. The van der Waals surface area contributed by atoms with Gasteiger partial charge in [-0.2, -0.15) is 0 Å². The van der Waals surface area contributed by atoms with Crippen molar-refractivity contribution in [1.29, 1.82) is 0 Å². The summed E-state index contributed by atoms with van der Waals surface area (Å²) in [6.07, 6.45) is -0.00991. The molecule has 0 bridgehead atoms. The predicted octanol–water partition coefficient (Wildman–Crippen LogP) is 2.98. The molecule has 1 aliphatic rings. The zero-order valence-corrected chi connectivity index (χ0v) is 6.85. The molecule has 1 atom stereocenters. The second-order valence-corrected chi connectivity index (χ2v) is 3.58. The second-order valence-electron chi connectivity index (χ2n) is 3.58. The van der Waals surface area contributed by atoms with Crippen LogP contribution >= 0.6 is 0 Å². The molecule has 0 aliphatic heterocycles. The molecule has 64 valence electrons. The minimum absolute atomic E-state index is 0.00991. The monoisotopic (exact) mass is 168 g/mol. The predicted molar refractivity (Wildman–Crippen MR) is 43.4 cm³/mol. The van der Waals surface area contributed by atoms with Gasteiger partial charge in [-0.25, -0.2) is 8.78 Å². The lowest BCUT2D eigenvalue weighted by atomic mass is 9.98. The van der Waals surface area contributed by atoms with E-state index in [0.29, 0.717) is 0 Å². The van der Waals surface area contributed by atoms with E-state index in [0.717, 1.165) is 5.56 Å². The summed E-state index contributed by atoms with van der Waals surface area (Å²) >= 11 is 0. The Balaban J connectivity index is 2.35. The normalized spacial score (nSPS) is 31.6. The molecule has 0 nitrogen and oxygen atoms in total. The largest absolute Gasteiger partial charge is 0.258 e. The van der Waals surface area contributed by atoms with Crippen LogP contribution in [0.15, 0.2) is 30.3 Å². The van der Waals surface area contributed by atoms with E-state index >= 15 is 0 Å². The zero-order chi connectivity index (χ0) is 8.82. The number of rotatable bonds is 1. The van der Waals surface area contributed by atoms with Gasteiger partial charge in [0, 0.05) is 6.42 Å². The molecular formula is C10H10F2. The molecule has 0 amide bonds. The molecule has 1 aliphatic carbocycles. The molecule has 1 saturated carbocycles. The summed E-state index contributed by atoms with van der Waals surface area (Å²) in [5.74, 6) is -2.49.